The molecule has 3 N–H and O–H groups in total. The van der Waals surface area contributed by atoms with Crippen LogP contribution in [0.2, 0.25) is 0 Å². The number of carbonyl (C=O) groups excluding carboxylic acids is 1. The summed E-state index contributed by atoms with van der Waals surface area (Å²) in [5, 5.41) is 5.03. The number of hydrogen-bond acceptors (Lipinski definition) is 4. The third-order valence-corrected chi connectivity index (χ3v) is 4.83. The van der Waals surface area contributed by atoms with Crippen LogP contribution in [0.4, 0.5) is 13.2 Å². The van der Waals surface area contributed by atoms with E-state index in [4.69, 9.17) is 5.73 Å². The molecule has 0 bridgehead atoms. The topological polar surface area (TPSA) is 68.0 Å². The third-order valence-electron chi connectivity index (χ3n) is 3.89. The van der Waals surface area contributed by atoms with Gasteiger partial charge in [-0.05, 0) is 18.6 Å². The van der Waals surface area contributed by atoms with E-state index in [2.05, 4.69) is 17.2 Å². The number of nitrogens with two attached hydrogens (primary N) is 1. The maximum absolute atomic E-state index is 12.8. The molecule has 0 radical (unpaired) electrons. The van der Waals surface area contributed by atoms with Gasteiger partial charge in [0, 0.05) is 23.5 Å². The number of thiazole rings is 1. The summed E-state index contributed by atoms with van der Waals surface area (Å²) in [4.78, 5) is 16.4. The lowest BCUT2D eigenvalue weighted by molar-refractivity contribution is -0.137. The molecule has 0 aliphatic carbocycles. The van der Waals surface area contributed by atoms with Gasteiger partial charge in [-0.25, -0.2) is 4.98 Å². The highest BCUT2D eigenvalue weighted by Gasteiger charge is 2.30. The molecule has 158 valence electrons. The first-order chi connectivity index (χ1) is 12.3. The minimum absolute atomic E-state index is 0. The van der Waals surface area contributed by atoms with Crippen LogP contribution in [-0.4, -0.2) is 23.5 Å². The Bertz CT molecular complexity index is 741. The lowest BCUT2D eigenvalue weighted by atomic mass is 10.1. The molecule has 0 spiro atoms. The Labute approximate surface area is 178 Å². The Kier molecular flexibility index (Phi) is 11.7. The first-order valence-corrected chi connectivity index (χ1v) is 9.33. The minimum atomic E-state index is -4.40. The number of carbonyl (C=O) groups is 1. The van der Waals surface area contributed by atoms with Gasteiger partial charge in [-0.15, -0.1) is 36.2 Å². The van der Waals surface area contributed by atoms with Crippen LogP contribution in [-0.2, 0) is 17.4 Å². The van der Waals surface area contributed by atoms with E-state index in [9.17, 15) is 18.0 Å². The molecule has 1 aromatic heterocycles. The Balaban J connectivity index is 0.00000364. The molecule has 10 heteroatoms. The predicted octanol–water partition coefficient (Wildman–Crippen LogP) is 4.85. The second kappa shape index (κ2) is 12.3. The summed E-state index contributed by atoms with van der Waals surface area (Å²) in [5.41, 5.74) is 5.87. The average Bonchev–Trinajstić information content (AvgIpc) is 3.06. The Morgan fingerprint density at radius 3 is 2.64 bits per heavy atom. The van der Waals surface area contributed by atoms with Crippen LogP contribution in [0.5, 0.6) is 0 Å². The van der Waals surface area contributed by atoms with Crippen molar-refractivity contribution in [1.29, 1.82) is 0 Å². The lowest BCUT2D eigenvalue weighted by Gasteiger charge is -2.15. The highest BCUT2D eigenvalue weighted by Crippen LogP contribution is 2.33. The summed E-state index contributed by atoms with van der Waals surface area (Å²) in [6, 6.07) is 4.95. The van der Waals surface area contributed by atoms with Crippen molar-refractivity contribution in [1.82, 2.24) is 10.3 Å². The molecule has 28 heavy (non-hydrogen) atoms. The molecule has 1 atom stereocenters. The van der Waals surface area contributed by atoms with Crippen molar-refractivity contribution in [3.05, 3.63) is 40.9 Å². The summed E-state index contributed by atoms with van der Waals surface area (Å²) < 4.78 is 38.5. The van der Waals surface area contributed by atoms with E-state index in [0.29, 0.717) is 22.8 Å². The number of hydrogen-bond donors (Lipinski definition) is 2. The average molecular weight is 458 g/mol. The van der Waals surface area contributed by atoms with Gasteiger partial charge in [0.15, 0.2) is 0 Å². The van der Waals surface area contributed by atoms with Crippen molar-refractivity contribution in [2.45, 2.75) is 44.8 Å². The summed E-state index contributed by atoms with van der Waals surface area (Å²) in [5.74, 6) is -0.183. The highest BCUT2D eigenvalue weighted by atomic mass is 35.5. The molecule has 1 aromatic carbocycles. The van der Waals surface area contributed by atoms with Gasteiger partial charge in [0.25, 0.3) is 0 Å². The molecular weight excluding hydrogens is 434 g/mol. The minimum Gasteiger partial charge on any atom is -0.352 e. The van der Waals surface area contributed by atoms with Gasteiger partial charge in [-0.3, -0.25) is 4.79 Å². The Morgan fingerprint density at radius 1 is 1.32 bits per heavy atom. The molecule has 1 amide bonds. The summed E-state index contributed by atoms with van der Waals surface area (Å²) in [7, 11) is 0. The van der Waals surface area contributed by atoms with E-state index in [-0.39, 0.29) is 43.2 Å². The van der Waals surface area contributed by atoms with Crippen molar-refractivity contribution in [2.75, 3.05) is 6.54 Å². The van der Waals surface area contributed by atoms with Crippen molar-refractivity contribution in [2.24, 2.45) is 5.73 Å². The molecule has 1 unspecified atom stereocenters. The molecule has 0 aliphatic heterocycles. The molecular formula is C18H24Cl2F3N3OS. The standard InChI is InChI=1S/C18H22F3N3OS.2ClH/c1-2-3-7-14(10-22)23-16(25)9-15-11-26-17(24-15)12-5-4-6-13(8-12)18(19,20)21;;/h4-6,8,11,14H,2-3,7,9-10,22H2,1H3,(H,23,25);2*1H. The number of rotatable bonds is 8. The van der Waals surface area contributed by atoms with E-state index < -0.39 is 11.7 Å². The van der Waals surface area contributed by atoms with Gasteiger partial charge in [-0.1, -0.05) is 31.9 Å². The summed E-state index contributed by atoms with van der Waals surface area (Å²) >= 11 is 1.22. The van der Waals surface area contributed by atoms with E-state index in [1.807, 2.05) is 0 Å². The van der Waals surface area contributed by atoms with Crippen LogP contribution < -0.4 is 11.1 Å². The largest absolute Gasteiger partial charge is 0.416 e. The monoisotopic (exact) mass is 457 g/mol. The molecule has 0 aliphatic rings. The fourth-order valence-corrected chi connectivity index (χ4v) is 3.31. The second-order valence-electron chi connectivity index (χ2n) is 6.04. The number of halogens is 5. The molecule has 2 aromatic rings. The normalized spacial score (nSPS) is 11.9. The number of alkyl halides is 3. The van der Waals surface area contributed by atoms with Crippen molar-refractivity contribution < 1.29 is 18.0 Å². The van der Waals surface area contributed by atoms with Crippen LogP contribution in [0, 0.1) is 0 Å². The zero-order valence-corrected chi connectivity index (χ0v) is 17.7. The first-order valence-electron chi connectivity index (χ1n) is 8.45. The highest BCUT2D eigenvalue weighted by molar-refractivity contribution is 7.13. The lowest BCUT2D eigenvalue weighted by Crippen LogP contribution is -2.40. The number of benzene rings is 1. The van der Waals surface area contributed by atoms with Crippen LogP contribution in [0.25, 0.3) is 10.6 Å². The van der Waals surface area contributed by atoms with Crippen molar-refractivity contribution in [3.63, 3.8) is 0 Å². The zero-order chi connectivity index (χ0) is 19.2. The number of nitrogens with zero attached hydrogens (tertiary/aromatic N) is 1. The van der Waals surface area contributed by atoms with E-state index >= 15 is 0 Å². The molecule has 4 nitrogen and oxygen atoms in total. The summed E-state index contributed by atoms with van der Waals surface area (Å²) in [6.45, 7) is 2.44. The number of unbranched alkanes of at least 4 members (excludes halogenated alkanes) is 1. The van der Waals surface area contributed by atoms with Gasteiger partial charge in [0.05, 0.1) is 17.7 Å². The van der Waals surface area contributed by atoms with Crippen LogP contribution in [0.15, 0.2) is 29.6 Å². The molecule has 2 rings (SSSR count). The van der Waals surface area contributed by atoms with Gasteiger partial charge >= 0.3 is 6.18 Å². The van der Waals surface area contributed by atoms with E-state index in [1.165, 1.54) is 17.4 Å². The van der Waals surface area contributed by atoms with Crippen LogP contribution in [0.1, 0.15) is 37.4 Å². The molecule has 1 heterocycles. The molecule has 0 fully saturated rings. The zero-order valence-electron chi connectivity index (χ0n) is 15.3. The number of amides is 1. The Morgan fingerprint density at radius 2 is 2.04 bits per heavy atom. The van der Waals surface area contributed by atoms with Crippen LogP contribution in [0.3, 0.4) is 0 Å². The van der Waals surface area contributed by atoms with Gasteiger partial charge in [-0.2, -0.15) is 13.2 Å². The Hall–Kier alpha value is -1.35. The fraction of sp³-hybridized carbons (Fsp3) is 0.444. The van der Waals surface area contributed by atoms with Gasteiger partial charge in [0.2, 0.25) is 5.91 Å². The third kappa shape index (κ3) is 7.95. The van der Waals surface area contributed by atoms with E-state index in [1.54, 1.807) is 11.4 Å². The van der Waals surface area contributed by atoms with E-state index in [0.717, 1.165) is 31.4 Å². The van der Waals surface area contributed by atoms with Crippen molar-refractivity contribution >= 4 is 42.1 Å². The molecule has 0 saturated carbocycles. The number of aromatic nitrogens is 1. The van der Waals surface area contributed by atoms with Gasteiger partial charge < -0.3 is 11.1 Å². The van der Waals surface area contributed by atoms with Crippen LogP contribution >= 0.6 is 36.2 Å². The smallest absolute Gasteiger partial charge is 0.352 e. The summed E-state index contributed by atoms with van der Waals surface area (Å²) in [6.07, 6.45) is -1.48. The molecule has 0 saturated heterocycles. The van der Waals surface area contributed by atoms with Crippen molar-refractivity contribution in [3.8, 4) is 10.6 Å². The maximum atomic E-state index is 12.8. The quantitative estimate of drug-likeness (QED) is 0.595. The maximum Gasteiger partial charge on any atom is 0.416 e. The fourth-order valence-electron chi connectivity index (χ4n) is 2.49. The predicted molar refractivity (Wildman–Crippen MR) is 111 cm³/mol. The SMILES string of the molecule is CCCCC(CN)NC(=O)Cc1csc(-c2cccc(C(F)(F)F)c2)n1.Cl.Cl. The number of nitrogens with one attached hydrogen (secondary N) is 1. The van der Waals surface area contributed by atoms with Gasteiger partial charge in [0.1, 0.15) is 5.01 Å². The second-order valence-corrected chi connectivity index (χ2v) is 6.90. The first kappa shape index (κ1) is 26.6.